The molecule has 748 valence electrons. The molecule has 4 N–H and O–H groups in total. The molecule has 0 aliphatic heterocycles. The number of carbonyl (C=O) groups is 4. The highest BCUT2D eigenvalue weighted by atomic mass is 35.5. The zero-order valence-electron chi connectivity index (χ0n) is 85.9. The molecule has 16 saturated carbocycles. The molecule has 0 amide bonds. The monoisotopic (exact) mass is 1890 g/mol. The lowest BCUT2D eigenvalue weighted by Crippen LogP contribution is -2.57. The molecule has 16 aliphatic carbocycles. The highest BCUT2D eigenvalue weighted by Crippen LogP contribution is 2.74. The van der Waals surface area contributed by atoms with E-state index in [0.29, 0.717) is 149 Å². The van der Waals surface area contributed by atoms with E-state index in [1.807, 2.05) is 81.0 Å². The van der Waals surface area contributed by atoms with Crippen LogP contribution in [0, 0.1) is 169 Å². The van der Waals surface area contributed by atoms with Gasteiger partial charge in [-0.3, -0.25) is 37.9 Å². The fourth-order valence-corrected chi connectivity index (χ4v) is 37.8. The van der Waals surface area contributed by atoms with E-state index in [0.717, 1.165) is 179 Å². The van der Waals surface area contributed by atoms with Gasteiger partial charge >= 0.3 is 0 Å². The van der Waals surface area contributed by atoms with E-state index >= 15 is 0 Å². The van der Waals surface area contributed by atoms with Gasteiger partial charge in [-0.2, -0.15) is 20.4 Å². The van der Waals surface area contributed by atoms with Gasteiger partial charge in [0.25, 0.3) is 0 Å². The number of aromatic nitrogens is 8. The molecular weight excluding hydrogens is 1720 g/mol. The molecule has 6 aromatic rings. The van der Waals surface area contributed by atoms with Crippen molar-refractivity contribution in [1.29, 1.82) is 0 Å². The topological polar surface area (TPSA) is 248 Å². The Bertz CT molecular complexity index is 5320. The third-order valence-electron chi connectivity index (χ3n) is 45.0. The number of benzene rings is 2. The Morgan fingerprint density at radius 1 is 0.368 bits per heavy atom. The van der Waals surface area contributed by atoms with Crippen molar-refractivity contribution in [3.8, 4) is 0 Å². The van der Waals surface area contributed by atoms with Crippen LogP contribution in [0.2, 0.25) is 5.02 Å². The number of hydrogen-bond acceptors (Lipinski definition) is 15. The summed E-state index contributed by atoms with van der Waals surface area (Å²) in [5, 5.41) is 64.9. The minimum Gasteiger partial charge on any atom is -0.390 e. The first-order chi connectivity index (χ1) is 64.7. The second kappa shape index (κ2) is 37.6. The van der Waals surface area contributed by atoms with E-state index in [1.54, 1.807) is 21.3 Å². The van der Waals surface area contributed by atoms with Crippen LogP contribution in [0.1, 0.15) is 324 Å². The number of aliphatic hydroxyl groups is 4. The number of Topliss-reactive ketones (excluding diaryl/α,β-unsaturated/α-hetero) is 4. The Balaban J connectivity index is 0.000000116. The fraction of sp³-hybridized carbons (Fsp3) is 0.793. The second-order valence-corrected chi connectivity index (χ2v) is 52.1. The molecular formula is C116H171ClN8O11. The van der Waals surface area contributed by atoms with Crippen molar-refractivity contribution in [3.63, 3.8) is 0 Å². The van der Waals surface area contributed by atoms with Gasteiger partial charge in [-0.1, -0.05) is 92.5 Å². The fourth-order valence-electron chi connectivity index (χ4n) is 37.6. The van der Waals surface area contributed by atoms with Gasteiger partial charge < -0.3 is 34.6 Å². The van der Waals surface area contributed by atoms with Crippen LogP contribution in [0.25, 0.3) is 21.8 Å². The SMILES string of the molecule is CCc1cnn(CC(=O)[C@H]2CC[C@H]3[C@@H]4CC[C@@H]5C[C@](C)(O)CC[C@]5(C)[C@H]4CC[C@]23C)c1.CCc1cnn(CC(=O)[C@H]2CC[C@H]3[C@@H]4CC[C@H]5C[C@@](O)(COC)CC[C@]5(C)[C@H]4CC[C@]23C)c1.COC[C@@]1(O)CC[C@@]2(C)[C@@H](CC[C@@H]3[C@@H]2CC[C@]2(C)[C@@H](C(=O)Cn4cc5cc(Cl)ccc5n4)CC[C@@H]32)C1.COC[C@@]1(O)CC[C@@]2(C)[C@@H](CC[C@@H]3[C@@H]2CC[C@]2(C)[C@@H](C(=O)Cn4ncc5cc(C)ccc54)CC[C@@H]32)C1. The van der Waals surface area contributed by atoms with Crippen LogP contribution in [0.15, 0.2) is 73.6 Å². The number of fused-ring (bicyclic) bond motifs is 22. The highest BCUT2D eigenvalue weighted by Gasteiger charge is 2.68. The molecule has 0 unspecified atom stereocenters. The van der Waals surface area contributed by atoms with Crippen molar-refractivity contribution < 1.29 is 53.8 Å². The van der Waals surface area contributed by atoms with Crippen LogP contribution in [0.3, 0.4) is 0 Å². The molecule has 20 heteroatoms. The Kier molecular flexibility index (Phi) is 27.4. The predicted octanol–water partition coefficient (Wildman–Crippen LogP) is 22.7. The molecule has 136 heavy (non-hydrogen) atoms. The summed E-state index contributed by atoms with van der Waals surface area (Å²) in [7, 11) is 5.11. The summed E-state index contributed by atoms with van der Waals surface area (Å²) in [5.41, 5.74) is 5.07. The Morgan fingerprint density at radius 2 is 0.721 bits per heavy atom. The minimum atomic E-state index is -0.650. The van der Waals surface area contributed by atoms with Crippen molar-refractivity contribution in [2.45, 2.75) is 376 Å². The molecule has 16 fully saturated rings. The largest absolute Gasteiger partial charge is 0.390 e. The van der Waals surface area contributed by atoms with Crippen LogP contribution in [-0.4, -0.2) is 146 Å². The maximum absolute atomic E-state index is 13.8. The number of halogens is 1. The van der Waals surface area contributed by atoms with Crippen molar-refractivity contribution in [3.05, 3.63) is 95.3 Å². The summed E-state index contributed by atoms with van der Waals surface area (Å²) < 4.78 is 23.6. The van der Waals surface area contributed by atoms with Gasteiger partial charge in [0.05, 0.1) is 91.5 Å². The van der Waals surface area contributed by atoms with E-state index in [2.05, 4.69) is 115 Å². The first-order valence-electron chi connectivity index (χ1n) is 54.8. The number of rotatable bonds is 20. The Morgan fingerprint density at radius 3 is 1.09 bits per heavy atom. The normalized spacial score (nSPS) is 43.8. The van der Waals surface area contributed by atoms with Crippen LogP contribution in [0.5, 0.6) is 0 Å². The molecule has 4 heterocycles. The third-order valence-corrected chi connectivity index (χ3v) is 45.2. The van der Waals surface area contributed by atoms with E-state index in [4.69, 9.17) is 25.8 Å². The van der Waals surface area contributed by atoms with Crippen LogP contribution in [-0.2, 0) is 72.4 Å². The molecule has 0 spiro atoms. The molecule has 16 aliphatic rings. The third kappa shape index (κ3) is 17.7. The van der Waals surface area contributed by atoms with Gasteiger partial charge in [-0.05, 0) is 437 Å². The summed E-state index contributed by atoms with van der Waals surface area (Å²) in [6, 6.07) is 12.0. The summed E-state index contributed by atoms with van der Waals surface area (Å²) in [4.78, 5) is 54.3. The van der Waals surface area contributed by atoms with Gasteiger partial charge in [0.1, 0.15) is 6.54 Å². The molecule has 22 rings (SSSR count). The minimum absolute atomic E-state index is 0.1000. The number of nitrogens with zero attached hydrogens (tertiary/aromatic N) is 8. The van der Waals surface area contributed by atoms with E-state index < -0.39 is 22.4 Å². The Hall–Kier alpha value is -5.51. The quantitative estimate of drug-likeness (QED) is 0.0555. The van der Waals surface area contributed by atoms with E-state index in [-0.39, 0.29) is 45.3 Å². The maximum atomic E-state index is 13.8. The van der Waals surface area contributed by atoms with Gasteiger partial charge in [-0.15, -0.1) is 0 Å². The lowest BCUT2D eigenvalue weighted by Gasteiger charge is -2.62. The highest BCUT2D eigenvalue weighted by molar-refractivity contribution is 6.31. The molecule has 4 aromatic heterocycles. The average Bonchev–Trinajstić information content (AvgIpc) is 1.41. The number of ether oxygens (including phenoxy) is 3. The first kappa shape index (κ1) is 99.2. The lowest BCUT2D eigenvalue weighted by atomic mass is 9.44. The van der Waals surface area contributed by atoms with Crippen molar-refractivity contribution in [2.24, 2.45) is 162 Å². The molecule has 19 nitrogen and oxygen atoms in total. The summed E-state index contributed by atoms with van der Waals surface area (Å²) in [6.45, 7) is 31.3. The van der Waals surface area contributed by atoms with Crippen molar-refractivity contribution >= 4 is 56.5 Å². The van der Waals surface area contributed by atoms with Crippen molar-refractivity contribution in [2.75, 3.05) is 41.2 Å². The molecule has 0 bridgehead atoms. The van der Waals surface area contributed by atoms with Gasteiger partial charge in [0, 0.05) is 79.4 Å². The Labute approximate surface area is 818 Å². The summed E-state index contributed by atoms with van der Waals surface area (Å²) in [5.74, 6) is 13.2. The summed E-state index contributed by atoms with van der Waals surface area (Å²) >= 11 is 6.15. The van der Waals surface area contributed by atoms with E-state index in [1.165, 1.54) is 145 Å². The molecule has 0 radical (unpaired) electrons. The average molecular weight is 1890 g/mol. The first-order valence-corrected chi connectivity index (χ1v) is 55.1. The van der Waals surface area contributed by atoms with Crippen LogP contribution in [0.4, 0.5) is 0 Å². The molecule has 2 aromatic carbocycles. The van der Waals surface area contributed by atoms with Crippen LogP contribution >= 0.6 is 11.6 Å². The van der Waals surface area contributed by atoms with Crippen LogP contribution < -0.4 is 0 Å². The maximum Gasteiger partial charge on any atom is 0.157 e. The van der Waals surface area contributed by atoms with Gasteiger partial charge in [0.15, 0.2) is 23.1 Å². The lowest BCUT2D eigenvalue weighted by molar-refractivity contribution is -0.164. The zero-order valence-corrected chi connectivity index (χ0v) is 86.7. The second-order valence-electron chi connectivity index (χ2n) is 51.7. The molecule has 32 atom stereocenters. The van der Waals surface area contributed by atoms with Gasteiger partial charge in [0.2, 0.25) is 0 Å². The predicted molar refractivity (Wildman–Crippen MR) is 534 cm³/mol. The number of carbonyl (C=O) groups excluding carboxylic acids is 4. The number of hydrogen-bond donors (Lipinski definition) is 4. The smallest absolute Gasteiger partial charge is 0.157 e. The zero-order chi connectivity index (χ0) is 96.0. The van der Waals surface area contributed by atoms with E-state index in [9.17, 15) is 39.6 Å². The molecule has 0 saturated heterocycles. The number of methoxy groups -OCH3 is 3. The number of aryl methyl sites for hydroxylation is 3. The summed E-state index contributed by atoms with van der Waals surface area (Å²) in [6.07, 6.45) is 54.0. The van der Waals surface area contributed by atoms with Gasteiger partial charge in [-0.25, -0.2) is 0 Å². The standard InChI is InChI=1S/C31H44N2O3.C30H41ClN2O3.C28H44N2O3.C27H42N2O2/c1-20-5-10-27-21(15-20)17-32-33(27)18-28(34)26-9-8-24-23-7-6-22-16-31(35,19-36-4)14-13-29(22,2)25(23)11-12-30(24,26)3;1-28-12-13-30(35,18-36-3)15-20(28)4-6-22-23-7-8-25(29(23,2)11-10-24(22)28)27(34)17-33-16-19-14-21(31)5-9-26(19)32-33;1-5-19-15-29-30(16-19)17-25(31)24-9-8-22-21-7-6-20-14-28(32,18-33-4)13-12-26(20,2)23(21)10-11-27(22,24)3;1-5-18-15-28-29(16-18)17-24(30)23-9-8-21-20-7-6-19-14-25(2,31)12-13-26(19,3)22(20)10-11-27(21,23)4/h5,10,15,17,22-26,35H,6-9,11-14,16,18-19H2,1-4H3;5,9,14,16,20,22-25,35H,4,6-8,10-13,15,17-18H2,1-3H3;15-16,20-24,32H,5-14,17-18H2,1-4H3;15-16,19-23,31H,5-14,17H2,1-4H3/t22-,23-,24-,25-,26+,29-,30-,31+;20-,22-,23-,24-,25+,28-,29-,30+;20-,21-,22-,23-,24+,26-,27-,28+;19-,20+,21+,22+,23-,25-,26+,27+/m0001/s1. The van der Waals surface area contributed by atoms with Crippen molar-refractivity contribution in [1.82, 2.24) is 39.1 Å². The number of ketones is 4.